The van der Waals surface area contributed by atoms with Crippen LogP contribution in [-0.4, -0.2) is 25.8 Å². The van der Waals surface area contributed by atoms with Gasteiger partial charge in [-0.1, -0.05) is 67.5 Å². The van der Waals surface area contributed by atoms with Crippen LogP contribution in [0.2, 0.25) is 0 Å². The third-order valence-corrected chi connectivity index (χ3v) is 5.16. The maximum absolute atomic E-state index is 12.3. The number of rotatable bonds is 11. The molecule has 0 atom stereocenters. The van der Waals surface area contributed by atoms with E-state index in [2.05, 4.69) is 24.3 Å². The van der Waals surface area contributed by atoms with Crippen molar-refractivity contribution in [1.82, 2.24) is 0 Å². The smallest absolute Gasteiger partial charge is 0.265 e. The van der Waals surface area contributed by atoms with Crippen molar-refractivity contribution in [3.8, 4) is 11.5 Å². The van der Waals surface area contributed by atoms with Crippen LogP contribution < -0.4 is 14.8 Å². The molecule has 1 amide bonds. The minimum absolute atomic E-state index is 0.174. The Morgan fingerprint density at radius 1 is 0.939 bits per heavy atom. The summed E-state index contributed by atoms with van der Waals surface area (Å²) >= 11 is 0. The molecular weight excluding hydrogens is 416 g/mol. The van der Waals surface area contributed by atoms with E-state index in [1.807, 2.05) is 60.7 Å². The second-order valence-electron chi connectivity index (χ2n) is 7.40. The van der Waals surface area contributed by atoms with Gasteiger partial charge in [0.1, 0.15) is 6.61 Å². The van der Waals surface area contributed by atoms with Crippen molar-refractivity contribution in [2.75, 3.05) is 19.0 Å². The highest BCUT2D eigenvalue weighted by Gasteiger charge is 2.10. The molecule has 0 bridgehead atoms. The van der Waals surface area contributed by atoms with Crippen LogP contribution in [0, 0.1) is 0 Å². The Labute approximate surface area is 195 Å². The number of nitrogens with zero attached hydrogens (tertiary/aromatic N) is 1. The summed E-state index contributed by atoms with van der Waals surface area (Å²) in [6, 6.07) is 21.5. The van der Waals surface area contributed by atoms with E-state index in [-0.39, 0.29) is 12.5 Å². The summed E-state index contributed by atoms with van der Waals surface area (Å²) in [6.07, 6.45) is 3.22. The highest BCUT2D eigenvalue weighted by Crippen LogP contribution is 2.28. The summed E-state index contributed by atoms with van der Waals surface area (Å²) in [4.78, 5) is 17.6. The highest BCUT2D eigenvalue weighted by molar-refractivity contribution is 5.93. The van der Waals surface area contributed by atoms with Crippen LogP contribution in [0.4, 0.5) is 5.69 Å². The molecule has 0 heterocycles. The quantitative estimate of drug-likeness (QED) is 0.317. The van der Waals surface area contributed by atoms with E-state index in [9.17, 15) is 4.79 Å². The van der Waals surface area contributed by atoms with Gasteiger partial charge in [-0.2, -0.15) is 0 Å². The lowest BCUT2D eigenvalue weighted by atomic mass is 10.0. The molecule has 0 aliphatic rings. The molecule has 3 aromatic rings. The van der Waals surface area contributed by atoms with E-state index in [1.54, 1.807) is 13.2 Å². The number of nitrogens with one attached hydrogen (secondary N) is 1. The van der Waals surface area contributed by atoms with Gasteiger partial charge in [-0.25, -0.2) is 0 Å². The first kappa shape index (κ1) is 23.9. The number of ether oxygens (including phenoxy) is 2. The van der Waals surface area contributed by atoms with Crippen LogP contribution in [0.5, 0.6) is 11.5 Å². The Morgan fingerprint density at radius 3 is 2.33 bits per heavy atom. The molecular formula is C27H30N2O4. The molecule has 0 radical (unpaired) electrons. The Bertz CT molecular complexity index is 1060. The van der Waals surface area contributed by atoms with Crippen molar-refractivity contribution in [2.24, 2.45) is 5.16 Å². The standard InChI is InChI=1S/C27H30N2O4/c1-4-22-12-9-13-23(5-2)27(22)29-26(30)19-33-28-17-21-14-15-24(25(16-21)31-3)32-18-20-10-7-6-8-11-20/h6-17H,4-5,18-19H2,1-3H3,(H,29,30)/b28-17+. The molecule has 6 nitrogen and oxygen atoms in total. The van der Waals surface area contributed by atoms with Crippen LogP contribution in [-0.2, 0) is 29.1 Å². The second-order valence-corrected chi connectivity index (χ2v) is 7.40. The van der Waals surface area contributed by atoms with Gasteiger partial charge in [0.05, 0.1) is 13.3 Å². The van der Waals surface area contributed by atoms with Crippen molar-refractivity contribution in [2.45, 2.75) is 33.3 Å². The summed E-state index contributed by atoms with van der Waals surface area (Å²) < 4.78 is 11.3. The van der Waals surface area contributed by atoms with Gasteiger partial charge in [-0.05, 0) is 47.7 Å². The summed E-state index contributed by atoms with van der Waals surface area (Å²) in [5, 5.41) is 6.88. The van der Waals surface area contributed by atoms with Crippen LogP contribution in [0.25, 0.3) is 0 Å². The van der Waals surface area contributed by atoms with Crippen LogP contribution >= 0.6 is 0 Å². The first-order valence-electron chi connectivity index (χ1n) is 11.0. The molecule has 0 aliphatic heterocycles. The van der Waals surface area contributed by atoms with E-state index in [1.165, 1.54) is 6.21 Å². The summed E-state index contributed by atoms with van der Waals surface area (Å²) in [5.41, 5.74) is 4.92. The molecule has 0 aromatic heterocycles. The maximum atomic E-state index is 12.3. The molecule has 0 fully saturated rings. The number of anilines is 1. The lowest BCUT2D eigenvalue weighted by molar-refractivity contribution is -0.120. The molecule has 3 rings (SSSR count). The maximum Gasteiger partial charge on any atom is 0.265 e. The van der Waals surface area contributed by atoms with Gasteiger partial charge in [0, 0.05) is 11.3 Å². The Morgan fingerprint density at radius 2 is 1.67 bits per heavy atom. The number of carbonyl (C=O) groups is 1. The molecule has 0 aliphatic carbocycles. The van der Waals surface area contributed by atoms with Crippen molar-refractivity contribution in [1.29, 1.82) is 0 Å². The van der Waals surface area contributed by atoms with Gasteiger partial charge in [-0.15, -0.1) is 0 Å². The monoisotopic (exact) mass is 446 g/mol. The average molecular weight is 447 g/mol. The lowest BCUT2D eigenvalue weighted by Crippen LogP contribution is -2.19. The fraction of sp³-hybridized carbons (Fsp3) is 0.259. The van der Waals surface area contributed by atoms with E-state index < -0.39 is 0 Å². The van der Waals surface area contributed by atoms with Crippen LogP contribution in [0.1, 0.15) is 36.1 Å². The zero-order chi connectivity index (χ0) is 23.5. The summed E-state index contributed by atoms with van der Waals surface area (Å²) in [6.45, 7) is 4.41. The molecule has 0 unspecified atom stereocenters. The SMILES string of the molecule is CCc1cccc(CC)c1NC(=O)CO/N=C/c1ccc(OCc2ccccc2)c(OC)c1. The minimum Gasteiger partial charge on any atom is -0.493 e. The van der Waals surface area contributed by atoms with Crippen molar-refractivity contribution >= 4 is 17.8 Å². The third-order valence-electron chi connectivity index (χ3n) is 5.16. The van der Waals surface area contributed by atoms with E-state index >= 15 is 0 Å². The number of carbonyl (C=O) groups excluding carboxylic acids is 1. The lowest BCUT2D eigenvalue weighted by Gasteiger charge is -2.14. The van der Waals surface area contributed by atoms with Crippen molar-refractivity contribution in [3.05, 3.63) is 89.0 Å². The zero-order valence-electron chi connectivity index (χ0n) is 19.3. The number of oxime groups is 1. The fourth-order valence-corrected chi connectivity index (χ4v) is 3.39. The minimum atomic E-state index is -0.245. The van der Waals surface area contributed by atoms with Gasteiger partial charge >= 0.3 is 0 Å². The molecule has 1 N–H and O–H groups in total. The molecule has 33 heavy (non-hydrogen) atoms. The first-order chi connectivity index (χ1) is 16.1. The second kappa shape index (κ2) is 12.3. The van der Waals surface area contributed by atoms with Crippen LogP contribution in [0.3, 0.4) is 0 Å². The zero-order valence-corrected chi connectivity index (χ0v) is 19.3. The van der Waals surface area contributed by atoms with Gasteiger partial charge in [0.25, 0.3) is 5.91 Å². The predicted octanol–water partition coefficient (Wildman–Crippen LogP) is 5.39. The normalized spacial score (nSPS) is 10.8. The summed E-state index contributed by atoms with van der Waals surface area (Å²) in [5.74, 6) is 0.987. The molecule has 0 saturated carbocycles. The fourth-order valence-electron chi connectivity index (χ4n) is 3.39. The Balaban J connectivity index is 1.54. The topological polar surface area (TPSA) is 69.2 Å². The van der Waals surface area contributed by atoms with E-state index in [4.69, 9.17) is 14.3 Å². The Kier molecular flexibility index (Phi) is 8.88. The van der Waals surface area contributed by atoms with Gasteiger partial charge in [0.2, 0.25) is 0 Å². The molecule has 172 valence electrons. The van der Waals surface area contributed by atoms with Crippen molar-refractivity contribution < 1.29 is 19.1 Å². The third kappa shape index (κ3) is 6.84. The van der Waals surface area contributed by atoms with Gasteiger partial charge < -0.3 is 19.6 Å². The predicted molar refractivity (Wildman–Crippen MR) is 131 cm³/mol. The molecule has 0 spiro atoms. The van der Waals surface area contributed by atoms with Gasteiger partial charge in [-0.3, -0.25) is 4.79 Å². The number of para-hydroxylation sites is 1. The van der Waals surface area contributed by atoms with Crippen molar-refractivity contribution in [3.63, 3.8) is 0 Å². The first-order valence-corrected chi connectivity index (χ1v) is 11.0. The van der Waals surface area contributed by atoms with Gasteiger partial charge in [0.15, 0.2) is 18.1 Å². The molecule has 0 saturated heterocycles. The molecule has 3 aromatic carbocycles. The van der Waals surface area contributed by atoms with E-state index in [0.717, 1.165) is 40.8 Å². The number of methoxy groups -OCH3 is 1. The number of aryl methyl sites for hydroxylation is 2. The largest absolute Gasteiger partial charge is 0.493 e. The Hall–Kier alpha value is -3.80. The summed E-state index contributed by atoms with van der Waals surface area (Å²) in [7, 11) is 1.59. The average Bonchev–Trinajstić information content (AvgIpc) is 2.86. The number of benzene rings is 3. The van der Waals surface area contributed by atoms with Crippen LogP contribution in [0.15, 0.2) is 71.9 Å². The highest BCUT2D eigenvalue weighted by atomic mass is 16.6. The number of hydrogen-bond acceptors (Lipinski definition) is 5. The number of hydrogen-bond donors (Lipinski definition) is 1. The van der Waals surface area contributed by atoms with E-state index in [0.29, 0.717) is 18.1 Å². The number of amides is 1. The molecule has 6 heteroatoms.